The summed E-state index contributed by atoms with van der Waals surface area (Å²) in [7, 11) is 1.63. The second-order valence-electron chi connectivity index (χ2n) is 4.79. The minimum atomic E-state index is -0.285. The molecule has 1 unspecified atom stereocenters. The lowest BCUT2D eigenvalue weighted by atomic mass is 10.0. The van der Waals surface area contributed by atoms with E-state index in [1.165, 1.54) is 0 Å². The largest absolute Gasteiger partial charge is 0.496 e. The van der Waals surface area contributed by atoms with Gasteiger partial charge in [0.05, 0.1) is 18.4 Å². The number of para-hydroxylation sites is 2. The summed E-state index contributed by atoms with van der Waals surface area (Å²) in [4.78, 5) is 12.2. The molecule has 0 saturated carbocycles. The molecule has 102 valence electrons. The first-order chi connectivity index (χ1) is 9.70. The Morgan fingerprint density at radius 2 is 1.85 bits per heavy atom. The second kappa shape index (κ2) is 4.89. The molecule has 0 saturated heterocycles. The van der Waals surface area contributed by atoms with Gasteiger partial charge < -0.3 is 15.4 Å². The topological polar surface area (TPSA) is 50.4 Å². The van der Waals surface area contributed by atoms with E-state index in [0.717, 1.165) is 22.6 Å². The zero-order valence-corrected chi connectivity index (χ0v) is 11.4. The summed E-state index contributed by atoms with van der Waals surface area (Å²) in [5.41, 5.74) is 3.53. The molecular formula is C16H16N2O2. The number of hydrogen-bond acceptors (Lipinski definition) is 3. The molecule has 0 aromatic heterocycles. The van der Waals surface area contributed by atoms with Crippen LogP contribution in [0, 0.1) is 6.92 Å². The van der Waals surface area contributed by atoms with Crippen LogP contribution in [0.1, 0.15) is 27.7 Å². The Hall–Kier alpha value is -2.49. The molecule has 1 aliphatic rings. The van der Waals surface area contributed by atoms with E-state index in [1.54, 1.807) is 7.11 Å². The van der Waals surface area contributed by atoms with Gasteiger partial charge in [-0.25, -0.2) is 0 Å². The number of anilines is 1. The van der Waals surface area contributed by atoms with Crippen LogP contribution >= 0.6 is 0 Å². The van der Waals surface area contributed by atoms with Crippen LogP contribution in [0.3, 0.4) is 0 Å². The van der Waals surface area contributed by atoms with Gasteiger partial charge in [-0.15, -0.1) is 0 Å². The monoisotopic (exact) mass is 268 g/mol. The fourth-order valence-electron chi connectivity index (χ4n) is 2.50. The predicted octanol–water partition coefficient (Wildman–Crippen LogP) is 2.86. The molecule has 2 N–H and O–H groups in total. The number of nitrogens with one attached hydrogen (secondary N) is 2. The Morgan fingerprint density at radius 1 is 1.05 bits per heavy atom. The maximum Gasteiger partial charge on any atom is 0.255 e. The van der Waals surface area contributed by atoms with Gasteiger partial charge in [-0.1, -0.05) is 30.3 Å². The summed E-state index contributed by atoms with van der Waals surface area (Å²) in [5.74, 6) is 0.681. The third kappa shape index (κ3) is 1.99. The van der Waals surface area contributed by atoms with E-state index in [4.69, 9.17) is 4.74 Å². The summed E-state index contributed by atoms with van der Waals surface area (Å²) < 4.78 is 5.36. The van der Waals surface area contributed by atoms with Gasteiger partial charge in [0, 0.05) is 5.56 Å². The quantitative estimate of drug-likeness (QED) is 0.880. The molecule has 1 heterocycles. The SMILES string of the molecule is COc1ccccc1C1NC(=O)c2cccc(C)c2N1. The van der Waals surface area contributed by atoms with Crippen LogP contribution in [-0.4, -0.2) is 13.0 Å². The highest BCUT2D eigenvalue weighted by molar-refractivity contribution is 6.02. The minimum Gasteiger partial charge on any atom is -0.496 e. The number of ether oxygens (including phenoxy) is 1. The number of rotatable bonds is 2. The van der Waals surface area contributed by atoms with Gasteiger partial charge in [-0.2, -0.15) is 0 Å². The number of carbonyl (C=O) groups is 1. The van der Waals surface area contributed by atoms with Crippen LogP contribution in [-0.2, 0) is 0 Å². The number of amides is 1. The van der Waals surface area contributed by atoms with Crippen molar-refractivity contribution in [1.29, 1.82) is 0 Å². The van der Waals surface area contributed by atoms with Crippen molar-refractivity contribution < 1.29 is 9.53 Å². The Kier molecular flexibility index (Phi) is 3.06. The fraction of sp³-hybridized carbons (Fsp3) is 0.188. The normalized spacial score (nSPS) is 16.9. The molecule has 0 spiro atoms. The van der Waals surface area contributed by atoms with Gasteiger partial charge in [0.15, 0.2) is 0 Å². The zero-order valence-electron chi connectivity index (χ0n) is 11.4. The molecule has 3 rings (SSSR count). The average Bonchev–Trinajstić information content (AvgIpc) is 2.48. The van der Waals surface area contributed by atoms with Gasteiger partial charge >= 0.3 is 0 Å². The molecule has 1 aliphatic heterocycles. The molecule has 2 aromatic rings. The van der Waals surface area contributed by atoms with Crippen molar-refractivity contribution in [3.63, 3.8) is 0 Å². The van der Waals surface area contributed by atoms with E-state index in [9.17, 15) is 4.79 Å². The zero-order chi connectivity index (χ0) is 14.1. The van der Waals surface area contributed by atoms with E-state index in [1.807, 2.05) is 49.4 Å². The number of benzene rings is 2. The Balaban J connectivity index is 2.03. The highest BCUT2D eigenvalue weighted by Gasteiger charge is 2.27. The van der Waals surface area contributed by atoms with E-state index >= 15 is 0 Å². The van der Waals surface area contributed by atoms with Crippen molar-refractivity contribution >= 4 is 11.6 Å². The Labute approximate surface area is 117 Å². The van der Waals surface area contributed by atoms with E-state index in [0.29, 0.717) is 5.56 Å². The summed E-state index contributed by atoms with van der Waals surface area (Å²) in [6.45, 7) is 1.99. The minimum absolute atomic E-state index is 0.0710. The highest BCUT2D eigenvalue weighted by atomic mass is 16.5. The van der Waals surface area contributed by atoms with Gasteiger partial charge in [0.25, 0.3) is 5.91 Å². The molecule has 4 nitrogen and oxygen atoms in total. The van der Waals surface area contributed by atoms with E-state index < -0.39 is 0 Å². The van der Waals surface area contributed by atoms with Crippen molar-refractivity contribution in [2.24, 2.45) is 0 Å². The molecule has 0 fully saturated rings. The van der Waals surface area contributed by atoms with Crippen LogP contribution in [0.4, 0.5) is 5.69 Å². The van der Waals surface area contributed by atoms with Gasteiger partial charge in [-0.05, 0) is 24.6 Å². The van der Waals surface area contributed by atoms with Crippen LogP contribution in [0.2, 0.25) is 0 Å². The van der Waals surface area contributed by atoms with Crippen LogP contribution in [0.15, 0.2) is 42.5 Å². The van der Waals surface area contributed by atoms with Gasteiger partial charge in [0.2, 0.25) is 0 Å². The second-order valence-corrected chi connectivity index (χ2v) is 4.79. The fourth-order valence-corrected chi connectivity index (χ4v) is 2.50. The smallest absolute Gasteiger partial charge is 0.255 e. The van der Waals surface area contributed by atoms with Crippen molar-refractivity contribution in [2.45, 2.75) is 13.1 Å². The number of carbonyl (C=O) groups excluding carboxylic acids is 1. The third-order valence-electron chi connectivity index (χ3n) is 3.53. The van der Waals surface area contributed by atoms with Crippen molar-refractivity contribution in [3.05, 3.63) is 59.2 Å². The lowest BCUT2D eigenvalue weighted by Crippen LogP contribution is -2.38. The molecule has 1 amide bonds. The molecular weight excluding hydrogens is 252 g/mol. The Bertz CT molecular complexity index is 667. The summed E-state index contributed by atoms with van der Waals surface area (Å²) >= 11 is 0. The average molecular weight is 268 g/mol. The molecule has 0 bridgehead atoms. The molecule has 4 heteroatoms. The van der Waals surface area contributed by atoms with Crippen LogP contribution in [0.5, 0.6) is 5.75 Å². The van der Waals surface area contributed by atoms with Crippen LogP contribution < -0.4 is 15.4 Å². The highest BCUT2D eigenvalue weighted by Crippen LogP contribution is 2.32. The standard InChI is InChI=1S/C16H16N2O2/c1-10-6-5-8-12-14(10)17-15(18-16(12)19)11-7-3-4-9-13(11)20-2/h3-9,15,17H,1-2H3,(H,18,19). The van der Waals surface area contributed by atoms with Crippen molar-refractivity contribution in [3.8, 4) is 5.75 Å². The first kappa shape index (κ1) is 12.5. The summed E-state index contributed by atoms with van der Waals surface area (Å²) in [5, 5.41) is 6.34. The number of methoxy groups -OCH3 is 1. The van der Waals surface area contributed by atoms with Gasteiger partial charge in [0.1, 0.15) is 11.9 Å². The maximum absolute atomic E-state index is 12.2. The molecule has 0 radical (unpaired) electrons. The summed E-state index contributed by atoms with van der Waals surface area (Å²) in [6.07, 6.45) is -0.285. The number of aryl methyl sites for hydroxylation is 1. The lowest BCUT2D eigenvalue weighted by molar-refractivity contribution is 0.0935. The first-order valence-corrected chi connectivity index (χ1v) is 6.50. The molecule has 2 aromatic carbocycles. The first-order valence-electron chi connectivity index (χ1n) is 6.50. The lowest BCUT2D eigenvalue weighted by Gasteiger charge is -2.30. The van der Waals surface area contributed by atoms with E-state index in [-0.39, 0.29) is 12.1 Å². The van der Waals surface area contributed by atoms with Crippen molar-refractivity contribution in [1.82, 2.24) is 5.32 Å². The maximum atomic E-state index is 12.2. The third-order valence-corrected chi connectivity index (χ3v) is 3.53. The van der Waals surface area contributed by atoms with Crippen molar-refractivity contribution in [2.75, 3.05) is 12.4 Å². The number of hydrogen-bond donors (Lipinski definition) is 2. The Morgan fingerprint density at radius 3 is 2.65 bits per heavy atom. The molecule has 0 aliphatic carbocycles. The van der Waals surface area contributed by atoms with E-state index in [2.05, 4.69) is 10.6 Å². The molecule has 20 heavy (non-hydrogen) atoms. The molecule has 1 atom stereocenters. The number of fused-ring (bicyclic) bond motifs is 1. The predicted molar refractivity (Wildman–Crippen MR) is 78.0 cm³/mol. The van der Waals surface area contributed by atoms with Crippen LogP contribution in [0.25, 0.3) is 0 Å². The summed E-state index contributed by atoms with van der Waals surface area (Å²) in [6, 6.07) is 13.4. The van der Waals surface area contributed by atoms with Gasteiger partial charge in [-0.3, -0.25) is 4.79 Å².